The summed E-state index contributed by atoms with van der Waals surface area (Å²) in [5, 5.41) is 4.73. The average Bonchev–Trinajstić information content (AvgIpc) is 3.25. The summed E-state index contributed by atoms with van der Waals surface area (Å²) in [6, 6.07) is 12.2. The number of nitrogens with one attached hydrogen (secondary N) is 1. The van der Waals surface area contributed by atoms with Gasteiger partial charge in [-0.2, -0.15) is 0 Å². The van der Waals surface area contributed by atoms with Crippen LogP contribution in [0.15, 0.2) is 42.5 Å². The van der Waals surface area contributed by atoms with E-state index in [0.717, 1.165) is 36.8 Å². The third-order valence-electron chi connectivity index (χ3n) is 5.79. The largest absolute Gasteiger partial charge is 0.352 e. The zero-order valence-corrected chi connectivity index (χ0v) is 19.8. The van der Waals surface area contributed by atoms with Crippen LogP contribution in [-0.2, 0) is 22.6 Å². The molecule has 0 aromatic heterocycles. The molecule has 31 heavy (non-hydrogen) atoms. The van der Waals surface area contributed by atoms with Crippen molar-refractivity contribution >= 4 is 46.6 Å². The van der Waals surface area contributed by atoms with E-state index >= 15 is 0 Å². The minimum Gasteiger partial charge on any atom is -0.352 e. The summed E-state index contributed by atoms with van der Waals surface area (Å²) in [6.07, 6.45) is 4.97. The summed E-state index contributed by atoms with van der Waals surface area (Å²) in [5.41, 5.74) is 1.66. The molecule has 1 aliphatic rings. The van der Waals surface area contributed by atoms with Crippen LogP contribution >= 0.6 is 34.8 Å². The zero-order valence-electron chi connectivity index (χ0n) is 17.5. The van der Waals surface area contributed by atoms with Gasteiger partial charge in [-0.05, 0) is 55.5 Å². The lowest BCUT2D eigenvalue weighted by Crippen LogP contribution is -2.49. The van der Waals surface area contributed by atoms with E-state index in [1.165, 1.54) is 0 Å². The number of benzene rings is 2. The maximum Gasteiger partial charge on any atom is 0.242 e. The van der Waals surface area contributed by atoms with Crippen LogP contribution in [0.2, 0.25) is 15.1 Å². The molecule has 0 spiro atoms. The third-order valence-corrected chi connectivity index (χ3v) is 6.75. The highest BCUT2D eigenvalue weighted by atomic mass is 35.5. The highest BCUT2D eigenvalue weighted by Gasteiger charge is 2.28. The Morgan fingerprint density at radius 1 is 1.03 bits per heavy atom. The monoisotopic (exact) mass is 480 g/mol. The van der Waals surface area contributed by atoms with Gasteiger partial charge in [0.05, 0.1) is 0 Å². The maximum absolute atomic E-state index is 13.2. The molecule has 7 heteroatoms. The van der Waals surface area contributed by atoms with Gasteiger partial charge in [0, 0.05) is 34.1 Å². The Morgan fingerprint density at radius 2 is 1.74 bits per heavy atom. The zero-order chi connectivity index (χ0) is 22.4. The number of hydrogen-bond acceptors (Lipinski definition) is 2. The van der Waals surface area contributed by atoms with Crippen LogP contribution in [0.3, 0.4) is 0 Å². The standard InChI is InChI=1S/C24H27Cl3N2O2/c1-16(24(31)28-20-7-3-4-8-20)29(15-18-10-12-19(25)14-22(18)27)23(30)13-11-17-6-2-5-9-21(17)26/h2,5-6,9-10,12,14,16,20H,3-4,7-8,11,13,15H2,1H3,(H,28,31)/t16-/m1/s1. The number of rotatable bonds is 8. The number of halogens is 3. The molecular weight excluding hydrogens is 455 g/mol. The topological polar surface area (TPSA) is 49.4 Å². The molecule has 0 heterocycles. The first-order valence-electron chi connectivity index (χ1n) is 10.6. The molecule has 2 amide bonds. The number of nitrogens with zero attached hydrogens (tertiary/aromatic N) is 1. The van der Waals surface area contributed by atoms with Gasteiger partial charge in [-0.15, -0.1) is 0 Å². The second-order valence-corrected chi connectivity index (χ2v) is 9.27. The summed E-state index contributed by atoms with van der Waals surface area (Å²) >= 11 is 18.6. The highest BCUT2D eigenvalue weighted by molar-refractivity contribution is 6.35. The van der Waals surface area contributed by atoms with Crippen molar-refractivity contribution in [3.8, 4) is 0 Å². The van der Waals surface area contributed by atoms with Crippen LogP contribution in [0.5, 0.6) is 0 Å². The maximum atomic E-state index is 13.2. The van der Waals surface area contributed by atoms with E-state index in [1.54, 1.807) is 30.0 Å². The molecule has 166 valence electrons. The van der Waals surface area contributed by atoms with E-state index in [9.17, 15) is 9.59 Å². The van der Waals surface area contributed by atoms with E-state index in [2.05, 4.69) is 5.32 Å². The lowest BCUT2D eigenvalue weighted by molar-refractivity contribution is -0.140. The Balaban J connectivity index is 1.75. The van der Waals surface area contributed by atoms with Gasteiger partial charge in [0.25, 0.3) is 0 Å². The van der Waals surface area contributed by atoms with E-state index in [1.807, 2.05) is 24.3 Å². The summed E-state index contributed by atoms with van der Waals surface area (Å²) in [4.78, 5) is 27.7. The van der Waals surface area contributed by atoms with Crippen molar-refractivity contribution in [1.82, 2.24) is 10.2 Å². The Bertz CT molecular complexity index is 929. The number of carbonyl (C=O) groups excluding carboxylic acids is 2. The Hall–Kier alpha value is -1.75. The molecule has 2 aromatic rings. The molecule has 0 saturated heterocycles. The summed E-state index contributed by atoms with van der Waals surface area (Å²) in [6.45, 7) is 2.00. The van der Waals surface area contributed by atoms with Gasteiger partial charge in [-0.25, -0.2) is 0 Å². The molecule has 1 fully saturated rings. The van der Waals surface area contributed by atoms with Crippen molar-refractivity contribution in [2.45, 2.75) is 64.1 Å². The van der Waals surface area contributed by atoms with Gasteiger partial charge in [0.2, 0.25) is 11.8 Å². The van der Waals surface area contributed by atoms with Crippen LogP contribution in [0.4, 0.5) is 0 Å². The SMILES string of the molecule is C[C@H](C(=O)NC1CCCC1)N(Cc1ccc(Cl)cc1Cl)C(=O)CCc1ccccc1Cl. The number of amides is 2. The normalized spacial score (nSPS) is 15.0. The second kappa shape index (κ2) is 11.2. The fourth-order valence-electron chi connectivity index (χ4n) is 3.89. The van der Waals surface area contributed by atoms with E-state index in [4.69, 9.17) is 34.8 Å². The summed E-state index contributed by atoms with van der Waals surface area (Å²) in [5.74, 6) is -0.261. The number of carbonyl (C=O) groups is 2. The Labute approximate surface area is 198 Å². The third kappa shape index (κ3) is 6.61. The predicted octanol–water partition coefficient (Wildman–Crippen LogP) is 6.06. The van der Waals surface area contributed by atoms with Gasteiger partial charge < -0.3 is 10.2 Å². The van der Waals surface area contributed by atoms with Gasteiger partial charge in [0.1, 0.15) is 6.04 Å². The molecule has 4 nitrogen and oxygen atoms in total. The minimum atomic E-state index is -0.619. The van der Waals surface area contributed by atoms with Gasteiger partial charge in [-0.3, -0.25) is 9.59 Å². The Morgan fingerprint density at radius 3 is 2.42 bits per heavy atom. The van der Waals surface area contributed by atoms with Crippen molar-refractivity contribution in [2.75, 3.05) is 0 Å². The molecular formula is C24H27Cl3N2O2. The van der Waals surface area contributed by atoms with Gasteiger partial charge in [0.15, 0.2) is 0 Å². The lowest BCUT2D eigenvalue weighted by Gasteiger charge is -2.30. The fourth-order valence-corrected chi connectivity index (χ4v) is 4.59. The molecule has 1 N–H and O–H groups in total. The molecule has 0 radical (unpaired) electrons. The molecule has 0 bridgehead atoms. The van der Waals surface area contributed by atoms with Crippen LogP contribution in [-0.4, -0.2) is 28.8 Å². The molecule has 2 aromatic carbocycles. The predicted molar refractivity (Wildman–Crippen MR) is 127 cm³/mol. The lowest BCUT2D eigenvalue weighted by atomic mass is 10.1. The van der Waals surface area contributed by atoms with Crippen LogP contribution in [0.1, 0.15) is 50.2 Å². The highest BCUT2D eigenvalue weighted by Crippen LogP contribution is 2.25. The molecule has 1 aliphatic carbocycles. The van der Waals surface area contributed by atoms with Crippen molar-refractivity contribution in [2.24, 2.45) is 0 Å². The molecule has 1 atom stereocenters. The van der Waals surface area contributed by atoms with Crippen LogP contribution < -0.4 is 5.32 Å². The smallest absolute Gasteiger partial charge is 0.242 e. The first-order valence-corrected chi connectivity index (χ1v) is 11.8. The average molecular weight is 482 g/mol. The first-order chi connectivity index (χ1) is 14.8. The molecule has 3 rings (SSSR count). The fraction of sp³-hybridized carbons (Fsp3) is 0.417. The van der Waals surface area contributed by atoms with Gasteiger partial charge >= 0.3 is 0 Å². The quantitative estimate of drug-likeness (QED) is 0.498. The summed E-state index contributed by atoms with van der Waals surface area (Å²) in [7, 11) is 0. The van der Waals surface area contributed by atoms with E-state index < -0.39 is 6.04 Å². The first kappa shape index (κ1) is 23.9. The molecule has 0 unspecified atom stereocenters. The van der Waals surface area contributed by atoms with Crippen molar-refractivity contribution in [3.63, 3.8) is 0 Å². The van der Waals surface area contributed by atoms with Crippen molar-refractivity contribution in [1.29, 1.82) is 0 Å². The second-order valence-electron chi connectivity index (χ2n) is 8.01. The van der Waals surface area contributed by atoms with Crippen LogP contribution in [0, 0.1) is 0 Å². The van der Waals surface area contributed by atoms with E-state index in [0.29, 0.717) is 21.5 Å². The molecule has 0 aliphatic heterocycles. The number of hydrogen-bond donors (Lipinski definition) is 1. The van der Waals surface area contributed by atoms with Gasteiger partial charge in [-0.1, -0.05) is 71.9 Å². The number of aryl methyl sites for hydroxylation is 1. The summed E-state index contributed by atoms with van der Waals surface area (Å²) < 4.78 is 0. The minimum absolute atomic E-state index is 0.125. The van der Waals surface area contributed by atoms with E-state index in [-0.39, 0.29) is 30.8 Å². The van der Waals surface area contributed by atoms with Crippen molar-refractivity contribution < 1.29 is 9.59 Å². The van der Waals surface area contributed by atoms with Crippen LogP contribution in [0.25, 0.3) is 0 Å². The molecule has 1 saturated carbocycles. The Kier molecular flexibility index (Phi) is 8.65. The van der Waals surface area contributed by atoms with Crippen molar-refractivity contribution in [3.05, 3.63) is 68.7 Å².